The van der Waals surface area contributed by atoms with Crippen LogP contribution >= 0.6 is 0 Å². The molecule has 2 aromatic rings. The lowest BCUT2D eigenvalue weighted by Crippen LogP contribution is -2.34. The highest BCUT2D eigenvalue weighted by Crippen LogP contribution is 2.31. The van der Waals surface area contributed by atoms with Crippen LogP contribution < -0.4 is 14.8 Å². The number of hydrogen-bond acceptors (Lipinski definition) is 6. The Morgan fingerprint density at radius 2 is 2.03 bits per heavy atom. The molecule has 2 aromatic carbocycles. The van der Waals surface area contributed by atoms with Gasteiger partial charge in [-0.05, 0) is 48.4 Å². The summed E-state index contributed by atoms with van der Waals surface area (Å²) in [6, 6.07) is 12.8. The van der Waals surface area contributed by atoms with E-state index in [9.17, 15) is 18.6 Å². The van der Waals surface area contributed by atoms with Gasteiger partial charge in [-0.15, -0.1) is 0 Å². The van der Waals surface area contributed by atoms with Crippen molar-refractivity contribution in [3.8, 4) is 11.5 Å². The first-order valence-electron chi connectivity index (χ1n) is 9.72. The fourth-order valence-corrected chi connectivity index (χ4v) is 4.19. The van der Waals surface area contributed by atoms with Crippen molar-refractivity contribution in [2.24, 2.45) is 0 Å². The average Bonchev–Trinajstić information content (AvgIpc) is 2.68. The highest BCUT2D eigenvalue weighted by Gasteiger charge is 2.19. The van der Waals surface area contributed by atoms with Crippen molar-refractivity contribution >= 4 is 15.7 Å². The van der Waals surface area contributed by atoms with E-state index in [1.165, 1.54) is 35.7 Å². The first-order valence-corrected chi connectivity index (χ1v) is 11.6. The molecule has 0 radical (unpaired) electrons. The lowest BCUT2D eigenvalue weighted by atomic mass is 9.83. The van der Waals surface area contributed by atoms with Crippen LogP contribution in [0.1, 0.15) is 29.9 Å². The molecule has 7 nitrogen and oxygen atoms in total. The summed E-state index contributed by atoms with van der Waals surface area (Å²) in [7, 11) is -3.52. The largest absolute Gasteiger partial charge is 0.506 e. The molecular formula is C21H28N2O5S. The van der Waals surface area contributed by atoms with Crippen LogP contribution in [0.15, 0.2) is 42.5 Å². The van der Waals surface area contributed by atoms with Crippen LogP contribution in [0.4, 0.5) is 5.69 Å². The molecule has 0 fully saturated rings. The van der Waals surface area contributed by atoms with E-state index in [1.807, 2.05) is 0 Å². The van der Waals surface area contributed by atoms with Crippen LogP contribution in [0.25, 0.3) is 0 Å². The normalized spacial score (nSPS) is 17.4. The van der Waals surface area contributed by atoms with Gasteiger partial charge in [0, 0.05) is 19.2 Å². The van der Waals surface area contributed by atoms with Gasteiger partial charge in [-0.1, -0.05) is 24.3 Å². The van der Waals surface area contributed by atoms with Crippen LogP contribution in [0, 0.1) is 0 Å². The maximum absolute atomic E-state index is 11.3. The van der Waals surface area contributed by atoms with Gasteiger partial charge in [-0.3, -0.25) is 4.72 Å². The zero-order chi connectivity index (χ0) is 20.9. The Kier molecular flexibility index (Phi) is 7.00. The summed E-state index contributed by atoms with van der Waals surface area (Å²) in [5.74, 6) is 0.613. The van der Waals surface area contributed by atoms with E-state index in [2.05, 4.69) is 34.3 Å². The predicted molar refractivity (Wildman–Crippen MR) is 113 cm³/mol. The number of aliphatic hydroxyl groups excluding tert-OH is 1. The molecule has 0 bridgehead atoms. The van der Waals surface area contributed by atoms with Gasteiger partial charge >= 0.3 is 0 Å². The van der Waals surface area contributed by atoms with E-state index in [0.29, 0.717) is 18.2 Å². The predicted octanol–water partition coefficient (Wildman–Crippen LogP) is 2.21. The van der Waals surface area contributed by atoms with Crippen molar-refractivity contribution in [2.75, 3.05) is 30.7 Å². The van der Waals surface area contributed by atoms with Crippen molar-refractivity contribution in [3.05, 3.63) is 53.6 Å². The molecule has 158 valence electrons. The number of anilines is 1. The Morgan fingerprint density at radius 1 is 1.24 bits per heavy atom. The van der Waals surface area contributed by atoms with Gasteiger partial charge in [0.25, 0.3) is 0 Å². The summed E-state index contributed by atoms with van der Waals surface area (Å²) >= 11 is 0. The number of phenolic OH excluding ortho intramolecular Hbond substituents is 1. The number of hydrogen-bond donors (Lipinski definition) is 4. The Morgan fingerprint density at radius 3 is 2.83 bits per heavy atom. The third-order valence-corrected chi connectivity index (χ3v) is 5.56. The molecule has 0 spiro atoms. The summed E-state index contributed by atoms with van der Waals surface area (Å²) in [5, 5.41) is 23.3. The Labute approximate surface area is 171 Å². The van der Waals surface area contributed by atoms with Gasteiger partial charge in [0.15, 0.2) is 0 Å². The molecule has 0 saturated heterocycles. The second-order valence-electron chi connectivity index (χ2n) is 7.46. The lowest BCUT2D eigenvalue weighted by Gasteiger charge is -2.26. The van der Waals surface area contributed by atoms with Gasteiger partial charge < -0.3 is 20.3 Å². The van der Waals surface area contributed by atoms with E-state index in [4.69, 9.17) is 4.74 Å². The third kappa shape index (κ3) is 6.35. The average molecular weight is 421 g/mol. The molecule has 1 aliphatic carbocycles. The van der Waals surface area contributed by atoms with Gasteiger partial charge in [-0.2, -0.15) is 0 Å². The Bertz CT molecular complexity index is 932. The monoisotopic (exact) mass is 420 g/mol. The van der Waals surface area contributed by atoms with E-state index in [0.717, 1.165) is 25.6 Å². The third-order valence-electron chi connectivity index (χ3n) is 4.97. The number of aliphatic hydroxyl groups is 1. The zero-order valence-electron chi connectivity index (χ0n) is 16.5. The second-order valence-corrected chi connectivity index (χ2v) is 9.21. The highest BCUT2D eigenvalue weighted by atomic mass is 32.2. The first-order chi connectivity index (χ1) is 13.8. The SMILES string of the molecule is CS(=O)(=O)Nc1cc(OC[C@@H](O)CNCC2CCCc3ccccc32)ccc1O. The fraction of sp³-hybridized carbons (Fsp3) is 0.429. The first kappa shape index (κ1) is 21.4. The number of benzene rings is 2. The number of sulfonamides is 1. The molecule has 1 unspecified atom stereocenters. The molecule has 0 heterocycles. The minimum atomic E-state index is -3.52. The Hall–Kier alpha value is -2.29. The van der Waals surface area contributed by atoms with E-state index < -0.39 is 16.1 Å². The van der Waals surface area contributed by atoms with Crippen LogP contribution in [0.3, 0.4) is 0 Å². The number of nitrogens with one attached hydrogen (secondary N) is 2. The van der Waals surface area contributed by atoms with Crippen molar-refractivity contribution in [2.45, 2.75) is 31.3 Å². The fourth-order valence-electron chi connectivity index (χ4n) is 3.63. The molecule has 0 aromatic heterocycles. The number of rotatable bonds is 9. The van der Waals surface area contributed by atoms with Gasteiger partial charge in [-0.25, -0.2) is 8.42 Å². The van der Waals surface area contributed by atoms with Gasteiger partial charge in [0.1, 0.15) is 24.2 Å². The molecule has 2 atom stereocenters. The number of aromatic hydroxyl groups is 1. The number of ether oxygens (including phenoxy) is 1. The molecule has 0 saturated carbocycles. The number of aryl methyl sites for hydroxylation is 1. The summed E-state index contributed by atoms with van der Waals surface area (Å²) < 4.78 is 30.5. The Balaban J connectivity index is 1.46. The highest BCUT2D eigenvalue weighted by molar-refractivity contribution is 7.92. The van der Waals surface area contributed by atoms with E-state index in [-0.39, 0.29) is 18.0 Å². The minimum absolute atomic E-state index is 0.0357. The molecule has 0 amide bonds. The maximum atomic E-state index is 11.3. The number of fused-ring (bicyclic) bond motifs is 1. The lowest BCUT2D eigenvalue weighted by molar-refractivity contribution is 0.106. The van der Waals surface area contributed by atoms with Crippen molar-refractivity contribution in [1.29, 1.82) is 0 Å². The molecule has 0 aliphatic heterocycles. The molecule has 29 heavy (non-hydrogen) atoms. The van der Waals surface area contributed by atoms with Crippen LogP contribution in [0.5, 0.6) is 11.5 Å². The van der Waals surface area contributed by atoms with Gasteiger partial charge in [0.2, 0.25) is 10.0 Å². The van der Waals surface area contributed by atoms with Crippen molar-refractivity contribution < 1.29 is 23.4 Å². The molecule has 4 N–H and O–H groups in total. The summed E-state index contributed by atoms with van der Waals surface area (Å²) in [6.07, 6.45) is 3.74. The summed E-state index contributed by atoms with van der Waals surface area (Å²) in [6.45, 7) is 1.25. The summed E-state index contributed by atoms with van der Waals surface area (Å²) in [5.41, 5.74) is 2.85. The molecule has 8 heteroatoms. The number of phenols is 1. The van der Waals surface area contributed by atoms with Gasteiger partial charge in [0.05, 0.1) is 11.9 Å². The van der Waals surface area contributed by atoms with Crippen molar-refractivity contribution in [3.63, 3.8) is 0 Å². The van der Waals surface area contributed by atoms with Crippen molar-refractivity contribution in [1.82, 2.24) is 5.32 Å². The zero-order valence-corrected chi connectivity index (χ0v) is 17.3. The smallest absolute Gasteiger partial charge is 0.229 e. The van der Waals surface area contributed by atoms with E-state index >= 15 is 0 Å². The van der Waals surface area contributed by atoms with Crippen LogP contribution in [-0.4, -0.2) is 50.7 Å². The maximum Gasteiger partial charge on any atom is 0.229 e. The van der Waals surface area contributed by atoms with Crippen LogP contribution in [0.2, 0.25) is 0 Å². The standard InChI is InChI=1S/C21H28N2O5S/c1-29(26,27)23-20-11-18(9-10-21(20)25)28-14-17(24)13-22-12-16-7-4-6-15-5-2-3-8-19(15)16/h2-3,5,8-11,16-17,22-25H,4,6-7,12-14H2,1H3/t16?,17-/m0/s1. The molecular weight excluding hydrogens is 392 g/mol. The molecule has 1 aliphatic rings. The molecule has 3 rings (SSSR count). The topological polar surface area (TPSA) is 108 Å². The second kappa shape index (κ2) is 9.47. The summed E-state index contributed by atoms with van der Waals surface area (Å²) in [4.78, 5) is 0. The quantitative estimate of drug-likeness (QED) is 0.463. The van der Waals surface area contributed by atoms with E-state index in [1.54, 1.807) is 0 Å². The minimum Gasteiger partial charge on any atom is -0.506 e. The van der Waals surface area contributed by atoms with Crippen LogP contribution in [-0.2, 0) is 16.4 Å².